The molecule has 1 fully saturated rings. The second-order valence-electron chi connectivity index (χ2n) is 6.79. The Kier molecular flexibility index (Phi) is 5.01. The van der Waals surface area contributed by atoms with Crippen molar-refractivity contribution in [2.24, 2.45) is 0 Å². The largest absolute Gasteiger partial charge is 0.348 e. The maximum Gasteiger partial charge on any atom is 0.317 e. The Balaban J connectivity index is 1.45. The summed E-state index contributed by atoms with van der Waals surface area (Å²) < 4.78 is 13.4. The molecule has 2 N–H and O–H groups in total. The topological polar surface area (TPSA) is 86.8 Å². The fraction of sp³-hybridized carbons (Fsp3) is 0.300. The number of H-pyrrole nitrogens is 1. The van der Waals surface area contributed by atoms with E-state index in [0.29, 0.717) is 30.4 Å². The molecule has 28 heavy (non-hydrogen) atoms. The SMILES string of the molecule is CNC(=O)N1CCC(c2nc(-c3cnc(-c4cccc(F)c4)nc3)c[nH]2)CC1. The van der Waals surface area contributed by atoms with Gasteiger partial charge in [0.1, 0.15) is 11.6 Å². The first-order valence-electron chi connectivity index (χ1n) is 9.24. The first-order chi connectivity index (χ1) is 13.6. The van der Waals surface area contributed by atoms with Crippen molar-refractivity contribution in [3.8, 4) is 22.6 Å². The van der Waals surface area contributed by atoms with Crippen molar-refractivity contribution < 1.29 is 9.18 Å². The number of likely N-dealkylation sites (tertiary alicyclic amines) is 1. The van der Waals surface area contributed by atoms with Gasteiger partial charge in [0.15, 0.2) is 5.82 Å². The molecule has 0 spiro atoms. The maximum absolute atomic E-state index is 13.4. The average Bonchev–Trinajstić information content (AvgIpc) is 3.24. The molecule has 3 aromatic rings. The lowest BCUT2D eigenvalue weighted by molar-refractivity contribution is 0.182. The Morgan fingerprint density at radius 3 is 2.64 bits per heavy atom. The van der Waals surface area contributed by atoms with Gasteiger partial charge in [-0.1, -0.05) is 12.1 Å². The van der Waals surface area contributed by atoms with Crippen molar-refractivity contribution >= 4 is 6.03 Å². The zero-order chi connectivity index (χ0) is 19.5. The second kappa shape index (κ2) is 7.75. The van der Waals surface area contributed by atoms with Crippen molar-refractivity contribution in [1.29, 1.82) is 0 Å². The number of hydrogen-bond donors (Lipinski definition) is 2. The summed E-state index contributed by atoms with van der Waals surface area (Å²) in [6, 6.07) is 6.18. The summed E-state index contributed by atoms with van der Waals surface area (Å²) in [7, 11) is 1.65. The third kappa shape index (κ3) is 3.71. The normalized spacial score (nSPS) is 14.9. The predicted molar refractivity (Wildman–Crippen MR) is 103 cm³/mol. The van der Waals surface area contributed by atoms with E-state index in [1.165, 1.54) is 12.1 Å². The zero-order valence-electron chi connectivity index (χ0n) is 15.5. The van der Waals surface area contributed by atoms with E-state index in [-0.39, 0.29) is 11.8 Å². The summed E-state index contributed by atoms with van der Waals surface area (Å²) >= 11 is 0. The number of imidazole rings is 1. The molecule has 1 aliphatic heterocycles. The van der Waals surface area contributed by atoms with Gasteiger partial charge in [-0.25, -0.2) is 24.1 Å². The lowest BCUT2D eigenvalue weighted by Gasteiger charge is -2.30. The quantitative estimate of drug-likeness (QED) is 0.731. The summed E-state index contributed by atoms with van der Waals surface area (Å²) in [5, 5.41) is 2.66. The van der Waals surface area contributed by atoms with Crippen LogP contribution in [-0.2, 0) is 0 Å². The molecule has 8 heteroatoms. The van der Waals surface area contributed by atoms with Gasteiger partial charge in [0.2, 0.25) is 0 Å². The Bertz CT molecular complexity index is 963. The van der Waals surface area contributed by atoms with E-state index in [9.17, 15) is 9.18 Å². The van der Waals surface area contributed by atoms with Gasteiger partial charge in [0, 0.05) is 55.8 Å². The Morgan fingerprint density at radius 1 is 1.21 bits per heavy atom. The summed E-state index contributed by atoms with van der Waals surface area (Å²) in [6.45, 7) is 1.43. The van der Waals surface area contributed by atoms with Gasteiger partial charge in [-0.3, -0.25) is 0 Å². The van der Waals surface area contributed by atoms with Crippen LogP contribution in [0.15, 0.2) is 42.9 Å². The minimum Gasteiger partial charge on any atom is -0.348 e. The molecule has 0 aliphatic carbocycles. The molecule has 0 atom stereocenters. The standard InChI is InChI=1S/C20H21FN6O/c1-22-20(28)27-7-5-13(6-8-27)19-25-12-17(26-19)15-10-23-18(24-11-15)14-3-2-4-16(21)9-14/h2-4,9-13H,5-8H2,1H3,(H,22,28)(H,25,26). The van der Waals surface area contributed by atoms with Gasteiger partial charge in [0.05, 0.1) is 5.69 Å². The van der Waals surface area contributed by atoms with Gasteiger partial charge < -0.3 is 15.2 Å². The van der Waals surface area contributed by atoms with Crippen LogP contribution in [0.25, 0.3) is 22.6 Å². The summed E-state index contributed by atoms with van der Waals surface area (Å²) in [4.78, 5) is 30.2. The van der Waals surface area contributed by atoms with Crippen molar-refractivity contribution in [1.82, 2.24) is 30.2 Å². The fourth-order valence-electron chi connectivity index (χ4n) is 3.44. The Morgan fingerprint density at radius 2 is 1.96 bits per heavy atom. The molecule has 0 radical (unpaired) electrons. The second-order valence-corrected chi connectivity index (χ2v) is 6.79. The molecular formula is C20H21FN6O. The molecule has 4 rings (SSSR count). The number of amides is 2. The molecule has 1 aliphatic rings. The number of urea groups is 1. The number of carbonyl (C=O) groups is 1. The number of piperidine rings is 1. The highest BCUT2D eigenvalue weighted by molar-refractivity contribution is 5.73. The molecule has 1 saturated heterocycles. The first-order valence-corrected chi connectivity index (χ1v) is 9.24. The lowest BCUT2D eigenvalue weighted by Crippen LogP contribution is -2.42. The van der Waals surface area contributed by atoms with E-state index in [1.807, 2.05) is 11.1 Å². The molecule has 2 aromatic heterocycles. The number of hydrogen-bond acceptors (Lipinski definition) is 4. The fourth-order valence-corrected chi connectivity index (χ4v) is 3.44. The smallest absolute Gasteiger partial charge is 0.317 e. The van der Waals surface area contributed by atoms with Crippen LogP contribution in [0.1, 0.15) is 24.6 Å². The van der Waals surface area contributed by atoms with Gasteiger partial charge in [-0.15, -0.1) is 0 Å². The first kappa shape index (κ1) is 18.1. The van der Waals surface area contributed by atoms with Crippen LogP contribution < -0.4 is 5.32 Å². The van der Waals surface area contributed by atoms with Gasteiger partial charge >= 0.3 is 6.03 Å². The van der Waals surface area contributed by atoms with Crippen molar-refractivity contribution in [3.63, 3.8) is 0 Å². The minimum atomic E-state index is -0.315. The number of aromatic nitrogens is 4. The molecule has 0 bridgehead atoms. The highest BCUT2D eigenvalue weighted by Gasteiger charge is 2.25. The molecule has 2 amide bonds. The third-order valence-corrected chi connectivity index (χ3v) is 5.01. The maximum atomic E-state index is 13.4. The molecular weight excluding hydrogens is 359 g/mol. The number of benzene rings is 1. The Hall–Kier alpha value is -3.29. The molecule has 0 saturated carbocycles. The molecule has 1 aromatic carbocycles. The summed E-state index contributed by atoms with van der Waals surface area (Å²) in [5.41, 5.74) is 2.21. The van der Waals surface area contributed by atoms with Crippen LogP contribution in [0.2, 0.25) is 0 Å². The van der Waals surface area contributed by atoms with Crippen LogP contribution in [0.3, 0.4) is 0 Å². The van der Waals surface area contributed by atoms with Crippen molar-refractivity contribution in [3.05, 3.63) is 54.5 Å². The minimum absolute atomic E-state index is 0.0332. The number of nitrogens with zero attached hydrogens (tertiary/aromatic N) is 4. The number of rotatable bonds is 3. The molecule has 7 nitrogen and oxygen atoms in total. The van der Waals surface area contributed by atoms with Gasteiger partial charge in [-0.05, 0) is 25.0 Å². The number of aromatic amines is 1. The van der Waals surface area contributed by atoms with E-state index in [1.54, 1.807) is 31.6 Å². The number of halogens is 1. The van der Waals surface area contributed by atoms with E-state index in [4.69, 9.17) is 4.98 Å². The highest BCUT2D eigenvalue weighted by atomic mass is 19.1. The lowest BCUT2D eigenvalue weighted by atomic mass is 9.96. The zero-order valence-corrected chi connectivity index (χ0v) is 15.5. The summed E-state index contributed by atoms with van der Waals surface area (Å²) in [5.74, 6) is 1.37. The van der Waals surface area contributed by atoms with Gasteiger partial charge in [-0.2, -0.15) is 0 Å². The highest BCUT2D eigenvalue weighted by Crippen LogP contribution is 2.28. The molecule has 144 valence electrons. The third-order valence-electron chi connectivity index (χ3n) is 5.01. The van der Waals surface area contributed by atoms with Crippen molar-refractivity contribution in [2.75, 3.05) is 20.1 Å². The van der Waals surface area contributed by atoms with E-state index in [0.717, 1.165) is 29.9 Å². The van der Waals surface area contributed by atoms with E-state index < -0.39 is 0 Å². The summed E-state index contributed by atoms with van der Waals surface area (Å²) in [6.07, 6.45) is 6.98. The van der Waals surface area contributed by atoms with Crippen LogP contribution in [0.4, 0.5) is 9.18 Å². The van der Waals surface area contributed by atoms with Crippen LogP contribution >= 0.6 is 0 Å². The van der Waals surface area contributed by atoms with Gasteiger partial charge in [0.25, 0.3) is 0 Å². The van der Waals surface area contributed by atoms with Crippen LogP contribution in [-0.4, -0.2) is 51.0 Å². The predicted octanol–water partition coefficient (Wildman–Crippen LogP) is 3.19. The molecule has 0 unspecified atom stereocenters. The van der Waals surface area contributed by atoms with Crippen LogP contribution in [0.5, 0.6) is 0 Å². The number of carbonyl (C=O) groups excluding carboxylic acids is 1. The van der Waals surface area contributed by atoms with Crippen molar-refractivity contribution in [2.45, 2.75) is 18.8 Å². The van der Waals surface area contributed by atoms with E-state index in [2.05, 4.69) is 20.3 Å². The van der Waals surface area contributed by atoms with Crippen LogP contribution in [0, 0.1) is 5.82 Å². The average molecular weight is 380 g/mol. The number of nitrogens with one attached hydrogen (secondary N) is 2. The monoisotopic (exact) mass is 380 g/mol. The Labute approximate surface area is 162 Å². The molecule has 3 heterocycles. The van der Waals surface area contributed by atoms with E-state index >= 15 is 0 Å².